The van der Waals surface area contributed by atoms with Crippen LogP contribution in [-0.2, 0) is 16.1 Å². The number of nitro benzene ring substituents is 1. The van der Waals surface area contributed by atoms with Gasteiger partial charge in [-0.3, -0.25) is 24.6 Å². The Morgan fingerprint density at radius 3 is 2.57 bits per heavy atom. The summed E-state index contributed by atoms with van der Waals surface area (Å²) in [5, 5.41) is 19.6. The number of rotatable bonds is 8. The molecular formula is C12H15N3O6. The number of benzene rings is 1. The normalized spacial score (nSPS) is 10.4. The molecule has 21 heavy (non-hydrogen) atoms. The lowest BCUT2D eigenvalue weighted by molar-refractivity contribution is -0.384. The van der Waals surface area contributed by atoms with Crippen LogP contribution in [0.4, 0.5) is 5.69 Å². The van der Waals surface area contributed by atoms with E-state index in [4.69, 9.17) is 15.6 Å². The average molecular weight is 297 g/mol. The van der Waals surface area contributed by atoms with Crippen LogP contribution in [0.5, 0.6) is 5.75 Å². The van der Waals surface area contributed by atoms with Crippen molar-refractivity contribution in [1.29, 1.82) is 0 Å². The number of nitrogens with two attached hydrogens (primary N) is 1. The summed E-state index contributed by atoms with van der Waals surface area (Å²) in [6.07, 6.45) is 0. The molecule has 114 valence electrons. The molecule has 1 aromatic carbocycles. The highest BCUT2D eigenvalue weighted by molar-refractivity contribution is 5.77. The molecule has 3 N–H and O–H groups in total. The van der Waals surface area contributed by atoms with Gasteiger partial charge >= 0.3 is 5.97 Å². The number of hydrogen-bond donors (Lipinski definition) is 2. The quantitative estimate of drug-likeness (QED) is 0.508. The fourth-order valence-electron chi connectivity index (χ4n) is 1.82. The summed E-state index contributed by atoms with van der Waals surface area (Å²) >= 11 is 0. The maximum Gasteiger partial charge on any atom is 0.317 e. The Balaban J connectivity index is 3.04. The first-order valence-corrected chi connectivity index (χ1v) is 5.87. The van der Waals surface area contributed by atoms with Gasteiger partial charge < -0.3 is 15.6 Å². The van der Waals surface area contributed by atoms with Crippen LogP contribution in [0, 0.1) is 10.1 Å². The van der Waals surface area contributed by atoms with Crippen LogP contribution in [0.2, 0.25) is 0 Å². The van der Waals surface area contributed by atoms with Gasteiger partial charge in [-0.25, -0.2) is 0 Å². The van der Waals surface area contributed by atoms with E-state index in [1.165, 1.54) is 30.2 Å². The second-order valence-electron chi connectivity index (χ2n) is 4.26. The summed E-state index contributed by atoms with van der Waals surface area (Å²) in [7, 11) is 1.39. The fourth-order valence-corrected chi connectivity index (χ4v) is 1.82. The average Bonchev–Trinajstić information content (AvgIpc) is 2.36. The molecule has 0 spiro atoms. The number of nitro groups is 1. The molecule has 9 heteroatoms. The number of nitrogens with zero attached hydrogens (tertiary/aromatic N) is 2. The molecule has 0 bridgehead atoms. The van der Waals surface area contributed by atoms with Gasteiger partial charge in [0.1, 0.15) is 5.75 Å². The van der Waals surface area contributed by atoms with Gasteiger partial charge in [0, 0.05) is 24.2 Å². The minimum atomic E-state index is -1.14. The molecule has 0 aliphatic heterocycles. The van der Waals surface area contributed by atoms with E-state index >= 15 is 0 Å². The van der Waals surface area contributed by atoms with E-state index in [1.54, 1.807) is 0 Å². The van der Waals surface area contributed by atoms with Crippen LogP contribution in [0.25, 0.3) is 0 Å². The third-order valence-corrected chi connectivity index (χ3v) is 2.61. The van der Waals surface area contributed by atoms with Crippen molar-refractivity contribution < 1.29 is 24.4 Å². The number of carboxylic acid groups (broad SMARTS) is 1. The first kappa shape index (κ1) is 16.4. The van der Waals surface area contributed by atoms with Crippen molar-refractivity contribution in [1.82, 2.24) is 4.90 Å². The third kappa shape index (κ3) is 5.07. The lowest BCUT2D eigenvalue weighted by atomic mass is 10.1. The maximum absolute atomic E-state index is 11.0. The van der Waals surface area contributed by atoms with Crippen LogP contribution in [0.15, 0.2) is 18.2 Å². The van der Waals surface area contributed by atoms with E-state index in [9.17, 15) is 19.7 Å². The van der Waals surface area contributed by atoms with E-state index in [0.29, 0.717) is 11.3 Å². The van der Waals surface area contributed by atoms with Crippen molar-refractivity contribution in [3.05, 3.63) is 33.9 Å². The molecule has 0 aliphatic rings. The lowest BCUT2D eigenvalue weighted by Gasteiger charge is -2.19. The zero-order valence-corrected chi connectivity index (χ0v) is 11.3. The molecular weight excluding hydrogens is 282 g/mol. The summed E-state index contributed by atoms with van der Waals surface area (Å²) in [5.41, 5.74) is 5.30. The summed E-state index contributed by atoms with van der Waals surface area (Å²) in [6, 6.07) is 3.96. The molecule has 0 aliphatic carbocycles. The predicted octanol–water partition coefficient (Wildman–Crippen LogP) is -0.0247. The van der Waals surface area contributed by atoms with Gasteiger partial charge in [0.05, 0.1) is 25.1 Å². The topological polar surface area (TPSA) is 136 Å². The van der Waals surface area contributed by atoms with Crippen LogP contribution in [0.3, 0.4) is 0 Å². The summed E-state index contributed by atoms with van der Waals surface area (Å²) in [4.78, 5) is 33.2. The fraction of sp³-hybridized carbons (Fsp3) is 0.333. The number of methoxy groups -OCH3 is 1. The zero-order valence-electron chi connectivity index (χ0n) is 11.3. The van der Waals surface area contributed by atoms with E-state index in [1.807, 2.05) is 0 Å². The smallest absolute Gasteiger partial charge is 0.317 e. The Bertz CT molecular complexity index is 544. The Kier molecular flexibility index (Phi) is 5.61. The largest absolute Gasteiger partial charge is 0.496 e. The molecule has 9 nitrogen and oxygen atoms in total. The minimum Gasteiger partial charge on any atom is -0.496 e. The monoisotopic (exact) mass is 297 g/mol. The van der Waals surface area contributed by atoms with Crippen LogP contribution >= 0.6 is 0 Å². The highest BCUT2D eigenvalue weighted by atomic mass is 16.6. The molecule has 0 aromatic heterocycles. The van der Waals surface area contributed by atoms with Gasteiger partial charge in [0.2, 0.25) is 5.91 Å². The summed E-state index contributed by atoms with van der Waals surface area (Å²) < 4.78 is 5.08. The van der Waals surface area contributed by atoms with Gasteiger partial charge in [0.15, 0.2) is 0 Å². The van der Waals surface area contributed by atoms with Crippen LogP contribution in [0.1, 0.15) is 5.56 Å². The molecule has 1 rings (SSSR count). The van der Waals surface area contributed by atoms with Gasteiger partial charge in [-0.1, -0.05) is 0 Å². The second kappa shape index (κ2) is 7.20. The number of carboxylic acids is 1. The second-order valence-corrected chi connectivity index (χ2v) is 4.26. The molecule has 0 fully saturated rings. The van der Waals surface area contributed by atoms with Gasteiger partial charge in [-0.15, -0.1) is 0 Å². The van der Waals surface area contributed by atoms with Gasteiger partial charge in [-0.05, 0) is 6.07 Å². The predicted molar refractivity (Wildman–Crippen MR) is 71.8 cm³/mol. The number of carbonyl (C=O) groups is 2. The molecule has 0 saturated heterocycles. The lowest BCUT2D eigenvalue weighted by Crippen LogP contribution is -2.37. The van der Waals surface area contributed by atoms with Crippen molar-refractivity contribution in [2.75, 3.05) is 20.2 Å². The number of hydrogen-bond acceptors (Lipinski definition) is 6. The first-order chi connectivity index (χ1) is 9.83. The van der Waals surface area contributed by atoms with Crippen LogP contribution in [-0.4, -0.2) is 47.0 Å². The SMILES string of the molecule is COc1ccc([N+](=O)[O-])cc1CN(CC(N)=O)CC(=O)O. The minimum absolute atomic E-state index is 0.0138. The highest BCUT2D eigenvalue weighted by Gasteiger charge is 2.17. The van der Waals surface area contributed by atoms with E-state index < -0.39 is 23.3 Å². The zero-order chi connectivity index (χ0) is 16.0. The van der Waals surface area contributed by atoms with E-state index in [2.05, 4.69) is 0 Å². The number of primary amides is 1. The van der Waals surface area contributed by atoms with Crippen LogP contribution < -0.4 is 10.5 Å². The Hall–Kier alpha value is -2.68. The van der Waals surface area contributed by atoms with Crippen molar-refractivity contribution in [3.63, 3.8) is 0 Å². The first-order valence-electron chi connectivity index (χ1n) is 5.87. The molecule has 1 aromatic rings. The highest BCUT2D eigenvalue weighted by Crippen LogP contribution is 2.25. The van der Waals surface area contributed by atoms with Crippen molar-refractivity contribution in [3.8, 4) is 5.75 Å². The third-order valence-electron chi connectivity index (χ3n) is 2.61. The maximum atomic E-state index is 11.0. The van der Waals surface area contributed by atoms with E-state index in [0.717, 1.165) is 0 Å². The Labute approximate surface area is 120 Å². The number of amides is 1. The van der Waals surface area contributed by atoms with Gasteiger partial charge in [0.25, 0.3) is 5.69 Å². The van der Waals surface area contributed by atoms with Crippen molar-refractivity contribution in [2.45, 2.75) is 6.54 Å². The Morgan fingerprint density at radius 2 is 2.10 bits per heavy atom. The standard InChI is InChI=1S/C12H15N3O6/c1-21-10-3-2-9(15(19)20)4-8(10)5-14(6-11(13)16)7-12(17)18/h2-4H,5-7H2,1H3,(H2,13,16)(H,17,18). The van der Waals surface area contributed by atoms with Gasteiger partial charge in [-0.2, -0.15) is 0 Å². The molecule has 0 atom stereocenters. The molecule has 1 amide bonds. The Morgan fingerprint density at radius 1 is 1.43 bits per heavy atom. The summed E-state index contributed by atoms with van der Waals surface area (Å²) in [6.45, 7) is -0.715. The number of carbonyl (C=O) groups excluding carboxylic acids is 1. The number of ether oxygens (including phenoxy) is 1. The van der Waals surface area contributed by atoms with E-state index in [-0.39, 0.29) is 18.8 Å². The molecule has 0 heterocycles. The van der Waals surface area contributed by atoms with Crippen molar-refractivity contribution >= 4 is 17.6 Å². The molecule has 0 saturated carbocycles. The number of aliphatic carboxylic acids is 1. The number of non-ortho nitro benzene ring substituents is 1. The summed E-state index contributed by atoms with van der Waals surface area (Å²) in [5.74, 6) is -1.47. The molecule has 0 radical (unpaired) electrons. The molecule has 0 unspecified atom stereocenters. The van der Waals surface area contributed by atoms with Crippen molar-refractivity contribution in [2.24, 2.45) is 5.73 Å².